The van der Waals surface area contributed by atoms with Crippen molar-refractivity contribution in [2.45, 2.75) is 25.6 Å². The van der Waals surface area contributed by atoms with Crippen LogP contribution in [0.15, 0.2) is 24.3 Å². The summed E-state index contributed by atoms with van der Waals surface area (Å²) in [6.45, 7) is 1.93. The maximum absolute atomic E-state index is 12.4. The Morgan fingerprint density at radius 1 is 1.20 bits per heavy atom. The average Bonchev–Trinajstić information content (AvgIpc) is 2.45. The Hall–Kier alpha value is -1.56. The van der Waals surface area contributed by atoms with E-state index in [4.69, 9.17) is 0 Å². The topological polar surface area (TPSA) is 41.1 Å². The molecule has 6 heteroatoms. The Morgan fingerprint density at radius 2 is 1.80 bits per heavy atom. The molecular weight excluding hydrogens is 269 g/mol. The van der Waals surface area contributed by atoms with Gasteiger partial charge in [0.25, 0.3) is 0 Å². The highest BCUT2D eigenvalue weighted by Crippen LogP contribution is 2.29. The number of benzene rings is 1. The maximum Gasteiger partial charge on any atom is 0.416 e. The van der Waals surface area contributed by atoms with Crippen LogP contribution in [0, 0.1) is 5.92 Å². The Kier molecular flexibility index (Phi) is 4.65. The van der Waals surface area contributed by atoms with Gasteiger partial charge in [-0.3, -0.25) is 4.79 Å². The van der Waals surface area contributed by atoms with E-state index in [0.717, 1.165) is 38.1 Å². The molecule has 0 aromatic heterocycles. The van der Waals surface area contributed by atoms with Crippen LogP contribution in [0.5, 0.6) is 0 Å². The first-order valence-electron chi connectivity index (χ1n) is 6.61. The van der Waals surface area contributed by atoms with Crippen LogP contribution in [0.2, 0.25) is 0 Å². The minimum absolute atomic E-state index is 0.00528. The molecule has 0 radical (unpaired) electrons. The van der Waals surface area contributed by atoms with Crippen LogP contribution in [0.4, 0.5) is 13.2 Å². The summed E-state index contributed by atoms with van der Waals surface area (Å²) < 4.78 is 37.2. The molecule has 1 amide bonds. The number of rotatable bonds is 3. The van der Waals surface area contributed by atoms with Gasteiger partial charge in [-0.2, -0.15) is 13.2 Å². The van der Waals surface area contributed by atoms with Gasteiger partial charge in [-0.05, 0) is 43.6 Å². The van der Waals surface area contributed by atoms with Gasteiger partial charge in [-0.25, -0.2) is 0 Å². The van der Waals surface area contributed by atoms with E-state index in [1.807, 2.05) is 0 Å². The molecule has 2 N–H and O–H groups in total. The van der Waals surface area contributed by atoms with E-state index in [1.165, 1.54) is 12.1 Å². The predicted octanol–water partition coefficient (Wildman–Crippen LogP) is 2.32. The number of carbonyl (C=O) groups excluding carboxylic acids is 1. The van der Waals surface area contributed by atoms with Gasteiger partial charge in [0.05, 0.1) is 5.56 Å². The SMILES string of the molecule is O=C(NCc1ccc(C(F)(F)F)cc1)C1CCNCC1. The molecule has 1 aromatic rings. The first-order valence-corrected chi connectivity index (χ1v) is 6.61. The van der Waals surface area contributed by atoms with Crippen molar-refractivity contribution in [3.8, 4) is 0 Å². The van der Waals surface area contributed by atoms with E-state index in [9.17, 15) is 18.0 Å². The molecule has 1 aliphatic rings. The van der Waals surface area contributed by atoms with Gasteiger partial charge in [0.15, 0.2) is 0 Å². The second-order valence-corrected chi connectivity index (χ2v) is 4.94. The van der Waals surface area contributed by atoms with E-state index in [1.54, 1.807) is 0 Å². The normalized spacial score (nSPS) is 16.9. The van der Waals surface area contributed by atoms with Gasteiger partial charge in [0.1, 0.15) is 0 Å². The van der Waals surface area contributed by atoms with Crippen LogP contribution in [0.25, 0.3) is 0 Å². The molecule has 20 heavy (non-hydrogen) atoms. The third-order valence-corrected chi connectivity index (χ3v) is 3.46. The molecule has 1 saturated heterocycles. The van der Waals surface area contributed by atoms with Gasteiger partial charge in [-0.15, -0.1) is 0 Å². The third kappa shape index (κ3) is 3.96. The zero-order valence-corrected chi connectivity index (χ0v) is 11.0. The fraction of sp³-hybridized carbons (Fsp3) is 0.500. The molecule has 0 aliphatic carbocycles. The van der Waals surface area contributed by atoms with Crippen molar-refractivity contribution < 1.29 is 18.0 Å². The Balaban J connectivity index is 1.86. The molecule has 0 saturated carbocycles. The van der Waals surface area contributed by atoms with Crippen LogP contribution in [0.3, 0.4) is 0 Å². The van der Waals surface area contributed by atoms with Crippen molar-refractivity contribution in [3.05, 3.63) is 35.4 Å². The molecular formula is C14H17F3N2O. The molecule has 3 nitrogen and oxygen atoms in total. The molecule has 2 rings (SSSR count). The van der Waals surface area contributed by atoms with Crippen molar-refractivity contribution in [3.63, 3.8) is 0 Å². The van der Waals surface area contributed by atoms with Gasteiger partial charge in [-0.1, -0.05) is 12.1 Å². The monoisotopic (exact) mass is 286 g/mol. The summed E-state index contributed by atoms with van der Waals surface area (Å²) in [4.78, 5) is 11.9. The fourth-order valence-corrected chi connectivity index (χ4v) is 2.23. The molecule has 1 heterocycles. The first kappa shape index (κ1) is 14.8. The van der Waals surface area contributed by atoms with Crippen LogP contribution in [0.1, 0.15) is 24.0 Å². The summed E-state index contributed by atoms with van der Waals surface area (Å²) >= 11 is 0. The Morgan fingerprint density at radius 3 is 2.35 bits per heavy atom. The molecule has 0 atom stereocenters. The van der Waals surface area contributed by atoms with Gasteiger partial charge in [0.2, 0.25) is 5.91 Å². The maximum atomic E-state index is 12.4. The Bertz CT molecular complexity index is 450. The van der Waals surface area contributed by atoms with E-state index in [2.05, 4.69) is 10.6 Å². The summed E-state index contributed by atoms with van der Waals surface area (Å²) in [6.07, 6.45) is -2.71. The van der Waals surface area contributed by atoms with Crippen molar-refractivity contribution in [2.75, 3.05) is 13.1 Å². The van der Waals surface area contributed by atoms with E-state index in [-0.39, 0.29) is 18.4 Å². The number of piperidine rings is 1. The average molecular weight is 286 g/mol. The molecule has 1 aromatic carbocycles. The largest absolute Gasteiger partial charge is 0.416 e. The van der Waals surface area contributed by atoms with E-state index in [0.29, 0.717) is 5.56 Å². The highest BCUT2D eigenvalue weighted by atomic mass is 19.4. The fourth-order valence-electron chi connectivity index (χ4n) is 2.23. The third-order valence-electron chi connectivity index (χ3n) is 3.46. The highest BCUT2D eigenvalue weighted by Gasteiger charge is 2.29. The van der Waals surface area contributed by atoms with Crippen LogP contribution in [-0.2, 0) is 17.5 Å². The number of carbonyl (C=O) groups is 1. The first-order chi connectivity index (χ1) is 9.47. The quantitative estimate of drug-likeness (QED) is 0.895. The van der Waals surface area contributed by atoms with E-state index >= 15 is 0 Å². The smallest absolute Gasteiger partial charge is 0.352 e. The number of alkyl halides is 3. The molecule has 0 unspecified atom stereocenters. The standard InChI is InChI=1S/C14H17F3N2O/c15-14(16,17)12-3-1-10(2-4-12)9-19-13(20)11-5-7-18-8-6-11/h1-4,11,18H,5-9H2,(H,19,20). The summed E-state index contributed by atoms with van der Waals surface area (Å²) in [5, 5.41) is 5.96. The molecule has 0 spiro atoms. The van der Waals surface area contributed by atoms with Crippen molar-refractivity contribution >= 4 is 5.91 Å². The summed E-state index contributed by atoms with van der Waals surface area (Å²) in [5.74, 6) is -0.0166. The number of nitrogens with one attached hydrogen (secondary N) is 2. The summed E-state index contributed by atoms with van der Waals surface area (Å²) in [6, 6.07) is 4.86. The molecule has 1 aliphatic heterocycles. The lowest BCUT2D eigenvalue weighted by molar-refractivity contribution is -0.137. The minimum Gasteiger partial charge on any atom is -0.352 e. The minimum atomic E-state index is -4.32. The number of halogens is 3. The zero-order valence-electron chi connectivity index (χ0n) is 11.0. The van der Waals surface area contributed by atoms with Gasteiger partial charge in [0, 0.05) is 12.5 Å². The molecule has 1 fully saturated rings. The second-order valence-electron chi connectivity index (χ2n) is 4.94. The van der Waals surface area contributed by atoms with Crippen molar-refractivity contribution in [1.82, 2.24) is 10.6 Å². The summed E-state index contributed by atoms with van der Waals surface area (Å²) in [5.41, 5.74) is -0.00813. The van der Waals surface area contributed by atoms with Crippen molar-refractivity contribution in [2.24, 2.45) is 5.92 Å². The number of hydrogen-bond acceptors (Lipinski definition) is 2. The highest BCUT2D eigenvalue weighted by molar-refractivity contribution is 5.78. The Labute approximate surface area is 115 Å². The van der Waals surface area contributed by atoms with Crippen LogP contribution in [-0.4, -0.2) is 19.0 Å². The molecule has 0 bridgehead atoms. The van der Waals surface area contributed by atoms with Gasteiger partial charge >= 0.3 is 6.18 Å². The lowest BCUT2D eigenvalue weighted by Crippen LogP contribution is -2.37. The molecule has 110 valence electrons. The predicted molar refractivity (Wildman–Crippen MR) is 68.9 cm³/mol. The lowest BCUT2D eigenvalue weighted by Gasteiger charge is -2.21. The van der Waals surface area contributed by atoms with E-state index < -0.39 is 11.7 Å². The number of amides is 1. The van der Waals surface area contributed by atoms with Gasteiger partial charge < -0.3 is 10.6 Å². The number of hydrogen-bond donors (Lipinski definition) is 2. The second kappa shape index (κ2) is 6.26. The summed E-state index contributed by atoms with van der Waals surface area (Å²) in [7, 11) is 0. The zero-order chi connectivity index (χ0) is 14.6. The van der Waals surface area contributed by atoms with Crippen LogP contribution >= 0.6 is 0 Å². The lowest BCUT2D eigenvalue weighted by atomic mass is 9.97. The van der Waals surface area contributed by atoms with Crippen LogP contribution < -0.4 is 10.6 Å². The van der Waals surface area contributed by atoms with Crippen molar-refractivity contribution in [1.29, 1.82) is 0 Å².